The first kappa shape index (κ1) is 20.9. The molecule has 0 aliphatic rings. The summed E-state index contributed by atoms with van der Waals surface area (Å²) in [7, 11) is 2.88. The molecule has 1 heterocycles. The largest absolute Gasteiger partial charge is 0.506 e. The number of aromatic hydroxyl groups is 1. The summed E-state index contributed by atoms with van der Waals surface area (Å²) in [5.74, 6) is -1.13. The highest BCUT2D eigenvalue weighted by Crippen LogP contribution is 2.36. The third-order valence-electron chi connectivity index (χ3n) is 4.68. The smallest absolute Gasteiger partial charge is 0.268 e. The van der Waals surface area contributed by atoms with E-state index in [4.69, 9.17) is 9.47 Å². The molecule has 3 rings (SSSR count). The maximum atomic E-state index is 13.8. The van der Waals surface area contributed by atoms with Crippen LogP contribution >= 0.6 is 0 Å². The SMILES string of the molecule is C=CCn1c(=O)c(C(=O)NCc2ccccc2F)c(O)c2cc(OC)c(OC)cc21. The Balaban J connectivity index is 2.14. The van der Waals surface area contributed by atoms with Crippen LogP contribution < -0.4 is 20.3 Å². The minimum Gasteiger partial charge on any atom is -0.506 e. The summed E-state index contributed by atoms with van der Waals surface area (Å²) in [4.78, 5) is 25.8. The van der Waals surface area contributed by atoms with E-state index in [9.17, 15) is 19.1 Å². The van der Waals surface area contributed by atoms with E-state index >= 15 is 0 Å². The number of aromatic nitrogens is 1. The van der Waals surface area contributed by atoms with Gasteiger partial charge < -0.3 is 24.5 Å². The van der Waals surface area contributed by atoms with Crippen LogP contribution in [0.25, 0.3) is 10.9 Å². The third kappa shape index (κ3) is 3.71. The maximum absolute atomic E-state index is 13.8. The van der Waals surface area contributed by atoms with Gasteiger partial charge in [-0.15, -0.1) is 6.58 Å². The number of nitrogens with zero attached hydrogens (tertiary/aromatic N) is 1. The third-order valence-corrected chi connectivity index (χ3v) is 4.68. The lowest BCUT2D eigenvalue weighted by Gasteiger charge is -2.16. The Kier molecular flexibility index (Phi) is 6.06. The first-order valence-electron chi connectivity index (χ1n) is 9.06. The predicted molar refractivity (Wildman–Crippen MR) is 111 cm³/mol. The summed E-state index contributed by atoms with van der Waals surface area (Å²) < 4.78 is 25.7. The van der Waals surface area contributed by atoms with E-state index in [1.807, 2.05) is 0 Å². The van der Waals surface area contributed by atoms with E-state index in [1.165, 1.54) is 49.1 Å². The number of carbonyl (C=O) groups is 1. The van der Waals surface area contributed by atoms with Crippen LogP contribution in [-0.4, -0.2) is 29.8 Å². The molecule has 2 N–H and O–H groups in total. The number of benzene rings is 2. The average molecular weight is 412 g/mol. The van der Waals surface area contributed by atoms with Crippen molar-refractivity contribution in [2.45, 2.75) is 13.1 Å². The number of pyridine rings is 1. The number of ether oxygens (including phenoxy) is 2. The molecule has 8 heteroatoms. The van der Waals surface area contributed by atoms with Crippen molar-refractivity contribution in [3.8, 4) is 17.2 Å². The average Bonchev–Trinajstić information content (AvgIpc) is 2.75. The normalized spacial score (nSPS) is 10.6. The first-order chi connectivity index (χ1) is 14.4. The van der Waals surface area contributed by atoms with Gasteiger partial charge in [0.25, 0.3) is 11.5 Å². The van der Waals surface area contributed by atoms with Crippen LogP contribution in [0.5, 0.6) is 17.2 Å². The number of allylic oxidation sites excluding steroid dienone is 1. The quantitative estimate of drug-likeness (QED) is 0.583. The molecule has 0 unspecified atom stereocenters. The molecule has 1 aromatic heterocycles. The highest BCUT2D eigenvalue weighted by atomic mass is 19.1. The van der Waals surface area contributed by atoms with Gasteiger partial charge in [0.05, 0.1) is 19.7 Å². The zero-order valence-electron chi connectivity index (χ0n) is 16.6. The van der Waals surface area contributed by atoms with Crippen LogP contribution in [0, 0.1) is 5.82 Å². The lowest BCUT2D eigenvalue weighted by molar-refractivity contribution is 0.0946. The Bertz CT molecular complexity index is 1190. The van der Waals surface area contributed by atoms with Crippen LogP contribution in [-0.2, 0) is 13.1 Å². The molecule has 30 heavy (non-hydrogen) atoms. The summed E-state index contributed by atoms with van der Waals surface area (Å²) in [5.41, 5.74) is -0.560. The number of methoxy groups -OCH3 is 2. The number of halogens is 1. The Morgan fingerprint density at radius 1 is 1.23 bits per heavy atom. The fourth-order valence-electron chi connectivity index (χ4n) is 3.18. The van der Waals surface area contributed by atoms with E-state index in [0.29, 0.717) is 17.0 Å². The number of hydrogen-bond acceptors (Lipinski definition) is 5. The molecule has 0 bridgehead atoms. The highest BCUT2D eigenvalue weighted by molar-refractivity contribution is 6.03. The monoisotopic (exact) mass is 412 g/mol. The predicted octanol–water partition coefficient (Wildman–Crippen LogP) is 2.98. The van der Waals surface area contributed by atoms with Crippen LogP contribution in [0.15, 0.2) is 53.8 Å². The zero-order valence-corrected chi connectivity index (χ0v) is 16.6. The van der Waals surface area contributed by atoms with Crippen molar-refractivity contribution >= 4 is 16.8 Å². The summed E-state index contributed by atoms with van der Waals surface area (Å²) >= 11 is 0. The molecule has 0 aliphatic heterocycles. The molecule has 0 saturated heterocycles. The Hall–Kier alpha value is -3.81. The van der Waals surface area contributed by atoms with Crippen LogP contribution in [0.2, 0.25) is 0 Å². The molecule has 1 amide bonds. The van der Waals surface area contributed by atoms with Crippen LogP contribution in [0.1, 0.15) is 15.9 Å². The number of amides is 1. The topological polar surface area (TPSA) is 89.8 Å². The Morgan fingerprint density at radius 3 is 2.53 bits per heavy atom. The zero-order chi connectivity index (χ0) is 21.8. The molecule has 0 atom stereocenters. The van der Waals surface area contributed by atoms with Crippen molar-refractivity contribution in [3.05, 3.63) is 76.4 Å². The van der Waals surface area contributed by atoms with Gasteiger partial charge in [-0.25, -0.2) is 4.39 Å². The molecule has 0 radical (unpaired) electrons. The second kappa shape index (κ2) is 8.69. The molecule has 3 aromatic rings. The fourth-order valence-corrected chi connectivity index (χ4v) is 3.18. The van der Waals surface area contributed by atoms with Crippen molar-refractivity contribution in [3.63, 3.8) is 0 Å². The minimum absolute atomic E-state index is 0.0959. The van der Waals surface area contributed by atoms with Gasteiger partial charge in [-0.05, 0) is 12.1 Å². The molecule has 156 valence electrons. The Morgan fingerprint density at radius 2 is 1.90 bits per heavy atom. The van der Waals surface area contributed by atoms with Crippen molar-refractivity contribution in [2.75, 3.05) is 14.2 Å². The second-order valence-electron chi connectivity index (χ2n) is 6.43. The van der Waals surface area contributed by atoms with Gasteiger partial charge in [0.1, 0.15) is 17.1 Å². The van der Waals surface area contributed by atoms with Gasteiger partial charge in [-0.1, -0.05) is 24.3 Å². The van der Waals surface area contributed by atoms with Gasteiger partial charge in [0, 0.05) is 30.1 Å². The van der Waals surface area contributed by atoms with Crippen molar-refractivity contribution in [1.29, 1.82) is 0 Å². The summed E-state index contributed by atoms with van der Waals surface area (Å²) in [5, 5.41) is 13.5. The number of fused-ring (bicyclic) bond motifs is 1. The van der Waals surface area contributed by atoms with Gasteiger partial charge in [-0.2, -0.15) is 0 Å². The maximum Gasteiger partial charge on any atom is 0.268 e. The number of rotatable bonds is 7. The van der Waals surface area contributed by atoms with Gasteiger partial charge in [0.2, 0.25) is 0 Å². The summed E-state index contributed by atoms with van der Waals surface area (Å²) in [6.07, 6.45) is 1.50. The molecule has 0 aliphatic carbocycles. The molecule has 0 spiro atoms. The van der Waals surface area contributed by atoms with E-state index in [1.54, 1.807) is 12.1 Å². The summed E-state index contributed by atoms with van der Waals surface area (Å²) in [6, 6.07) is 8.98. The van der Waals surface area contributed by atoms with E-state index in [2.05, 4.69) is 11.9 Å². The number of nitrogens with one attached hydrogen (secondary N) is 1. The van der Waals surface area contributed by atoms with Gasteiger partial charge in [-0.3, -0.25) is 9.59 Å². The molecule has 2 aromatic carbocycles. The molecule has 0 fully saturated rings. The lowest BCUT2D eigenvalue weighted by Crippen LogP contribution is -2.33. The molecule has 7 nitrogen and oxygen atoms in total. The van der Waals surface area contributed by atoms with Crippen molar-refractivity contribution in [2.24, 2.45) is 0 Å². The van der Waals surface area contributed by atoms with Gasteiger partial charge in [0.15, 0.2) is 11.5 Å². The van der Waals surface area contributed by atoms with E-state index in [-0.39, 0.29) is 24.0 Å². The second-order valence-corrected chi connectivity index (χ2v) is 6.43. The number of carbonyl (C=O) groups excluding carboxylic acids is 1. The molecular formula is C22H21FN2O5. The van der Waals surface area contributed by atoms with Crippen LogP contribution in [0.4, 0.5) is 4.39 Å². The highest BCUT2D eigenvalue weighted by Gasteiger charge is 2.23. The van der Waals surface area contributed by atoms with Crippen LogP contribution in [0.3, 0.4) is 0 Å². The Labute approximate surface area is 172 Å². The summed E-state index contributed by atoms with van der Waals surface area (Å²) in [6.45, 7) is 3.60. The molecule has 0 saturated carbocycles. The first-order valence-corrected chi connectivity index (χ1v) is 9.06. The lowest BCUT2D eigenvalue weighted by atomic mass is 10.1. The number of hydrogen-bond donors (Lipinski definition) is 2. The minimum atomic E-state index is -0.824. The fraction of sp³-hybridized carbons (Fsp3) is 0.182. The van der Waals surface area contributed by atoms with Crippen molar-refractivity contribution in [1.82, 2.24) is 9.88 Å². The van der Waals surface area contributed by atoms with Crippen molar-refractivity contribution < 1.29 is 23.8 Å². The van der Waals surface area contributed by atoms with E-state index < -0.39 is 28.6 Å². The molecular weight excluding hydrogens is 391 g/mol. The van der Waals surface area contributed by atoms with Gasteiger partial charge >= 0.3 is 0 Å². The van der Waals surface area contributed by atoms with E-state index in [0.717, 1.165) is 0 Å². The standard InChI is InChI=1S/C22H21FN2O5/c1-4-9-25-16-11-18(30-3)17(29-2)10-14(16)20(26)19(22(25)28)21(27)24-12-13-7-5-6-8-15(13)23/h4-8,10-11,26H,1,9,12H2,2-3H3,(H,24,27).